The van der Waals surface area contributed by atoms with E-state index in [1.54, 1.807) is 0 Å². The highest BCUT2D eigenvalue weighted by atomic mass is 16.7. The van der Waals surface area contributed by atoms with Crippen LogP contribution in [0.5, 0.6) is 5.75 Å². The normalized spacial score (nSPS) is 10.1. The molecule has 0 radical (unpaired) electrons. The van der Waals surface area contributed by atoms with Gasteiger partial charge >= 0.3 is 5.97 Å². The van der Waals surface area contributed by atoms with Gasteiger partial charge in [-0.15, -0.1) is 0 Å². The zero-order chi connectivity index (χ0) is 11.4. The highest BCUT2D eigenvalue weighted by molar-refractivity contribution is 5.69. The van der Waals surface area contributed by atoms with Crippen LogP contribution in [0.3, 0.4) is 0 Å². The van der Waals surface area contributed by atoms with Crippen LogP contribution in [0.15, 0.2) is 12.1 Å². The lowest BCUT2D eigenvalue weighted by Crippen LogP contribution is -2.10. The lowest BCUT2D eigenvalue weighted by molar-refractivity contribution is -0.144. The van der Waals surface area contributed by atoms with Gasteiger partial charge in [-0.25, -0.2) is 0 Å². The molecule has 82 valence electrons. The van der Waals surface area contributed by atoms with Crippen LogP contribution >= 0.6 is 0 Å². The summed E-state index contributed by atoms with van der Waals surface area (Å²) in [4.78, 5) is 14.9. The Morgan fingerprint density at radius 2 is 2.13 bits per heavy atom. The Balaban J connectivity index is 2.81. The number of hydrogen-bond acceptors (Lipinski definition) is 4. The summed E-state index contributed by atoms with van der Waals surface area (Å²) in [5.74, 6) is 4.48. The number of aromatic hydroxyl groups is 1. The van der Waals surface area contributed by atoms with E-state index >= 15 is 0 Å². The van der Waals surface area contributed by atoms with E-state index in [1.165, 1.54) is 0 Å². The van der Waals surface area contributed by atoms with Crippen LogP contribution in [0.1, 0.15) is 23.1 Å². The number of carbonyl (C=O) groups excluding carboxylic acids is 1. The molecule has 4 heteroatoms. The minimum absolute atomic E-state index is 0.174. The number of aryl methyl sites for hydroxylation is 3. The summed E-state index contributed by atoms with van der Waals surface area (Å²) in [5.41, 5.74) is 2.62. The van der Waals surface area contributed by atoms with E-state index in [0.717, 1.165) is 16.7 Å². The Morgan fingerprint density at radius 3 is 2.73 bits per heavy atom. The van der Waals surface area contributed by atoms with Gasteiger partial charge in [0.1, 0.15) is 5.75 Å². The van der Waals surface area contributed by atoms with Crippen LogP contribution < -0.4 is 5.90 Å². The second-order valence-electron chi connectivity index (χ2n) is 3.58. The lowest BCUT2D eigenvalue weighted by atomic mass is 10.0. The number of carbonyl (C=O) groups is 1. The molecule has 0 bridgehead atoms. The molecule has 1 aromatic carbocycles. The van der Waals surface area contributed by atoms with Gasteiger partial charge in [-0.1, -0.05) is 17.7 Å². The Morgan fingerprint density at radius 1 is 1.47 bits per heavy atom. The summed E-state index contributed by atoms with van der Waals surface area (Å²) in [7, 11) is 0. The van der Waals surface area contributed by atoms with Crippen molar-refractivity contribution in [2.75, 3.05) is 0 Å². The van der Waals surface area contributed by atoms with Gasteiger partial charge in [-0.3, -0.25) is 4.79 Å². The Kier molecular flexibility index (Phi) is 3.68. The minimum atomic E-state index is -0.478. The maximum absolute atomic E-state index is 10.8. The molecule has 0 heterocycles. The molecule has 0 saturated heterocycles. The van der Waals surface area contributed by atoms with E-state index in [0.29, 0.717) is 6.42 Å². The van der Waals surface area contributed by atoms with Gasteiger partial charge in [0.2, 0.25) is 0 Å². The molecule has 3 N–H and O–H groups in total. The number of rotatable bonds is 3. The van der Waals surface area contributed by atoms with E-state index in [2.05, 4.69) is 4.84 Å². The van der Waals surface area contributed by atoms with Crippen molar-refractivity contribution in [3.05, 3.63) is 28.8 Å². The molecular formula is C11H15NO3. The Labute approximate surface area is 88.6 Å². The van der Waals surface area contributed by atoms with Crippen LogP contribution in [-0.2, 0) is 16.1 Å². The third kappa shape index (κ3) is 2.95. The molecule has 0 aliphatic rings. The second kappa shape index (κ2) is 4.79. The van der Waals surface area contributed by atoms with Crippen molar-refractivity contribution in [3.8, 4) is 5.75 Å². The van der Waals surface area contributed by atoms with Gasteiger partial charge in [0.05, 0.1) is 6.42 Å². The third-order valence-electron chi connectivity index (χ3n) is 2.25. The van der Waals surface area contributed by atoms with E-state index in [4.69, 9.17) is 5.90 Å². The molecule has 15 heavy (non-hydrogen) atoms. The van der Waals surface area contributed by atoms with E-state index < -0.39 is 5.97 Å². The fraction of sp³-hybridized carbons (Fsp3) is 0.364. The monoisotopic (exact) mass is 209 g/mol. The number of benzene rings is 1. The van der Waals surface area contributed by atoms with Gasteiger partial charge in [-0.2, -0.15) is 5.90 Å². The molecule has 0 saturated carbocycles. The van der Waals surface area contributed by atoms with Crippen molar-refractivity contribution >= 4 is 5.97 Å². The molecule has 0 aliphatic heterocycles. The van der Waals surface area contributed by atoms with Gasteiger partial charge in [0.25, 0.3) is 0 Å². The minimum Gasteiger partial charge on any atom is -0.507 e. The smallest absolute Gasteiger partial charge is 0.324 e. The van der Waals surface area contributed by atoms with Crippen molar-refractivity contribution in [3.63, 3.8) is 0 Å². The maximum Gasteiger partial charge on any atom is 0.324 e. The van der Waals surface area contributed by atoms with E-state index in [-0.39, 0.29) is 12.2 Å². The number of nitrogens with two attached hydrogens (primary N) is 1. The fourth-order valence-electron chi connectivity index (χ4n) is 1.53. The van der Waals surface area contributed by atoms with Crippen LogP contribution in [0.2, 0.25) is 0 Å². The SMILES string of the molecule is Cc1cc(C)c(O)c(CCC(=O)ON)c1. The first-order chi connectivity index (χ1) is 7.04. The first kappa shape index (κ1) is 11.5. The molecule has 0 spiro atoms. The number of hydrogen-bond donors (Lipinski definition) is 2. The molecular weight excluding hydrogens is 194 g/mol. The van der Waals surface area contributed by atoms with Crippen LogP contribution in [-0.4, -0.2) is 11.1 Å². The van der Waals surface area contributed by atoms with E-state index in [1.807, 2.05) is 26.0 Å². The molecule has 1 rings (SSSR count). The Bertz CT molecular complexity index is 374. The summed E-state index contributed by atoms with van der Waals surface area (Å²) in [6, 6.07) is 3.74. The average Bonchev–Trinajstić information content (AvgIpc) is 2.20. The van der Waals surface area contributed by atoms with Gasteiger partial charge < -0.3 is 9.94 Å². The highest BCUT2D eigenvalue weighted by Gasteiger charge is 2.08. The average molecular weight is 209 g/mol. The molecule has 0 atom stereocenters. The van der Waals surface area contributed by atoms with Gasteiger partial charge in [0.15, 0.2) is 0 Å². The zero-order valence-corrected chi connectivity index (χ0v) is 8.91. The summed E-state index contributed by atoms with van der Waals surface area (Å²) in [6.07, 6.45) is 0.608. The maximum atomic E-state index is 10.8. The first-order valence-corrected chi connectivity index (χ1v) is 4.73. The van der Waals surface area contributed by atoms with Crippen molar-refractivity contribution in [2.45, 2.75) is 26.7 Å². The van der Waals surface area contributed by atoms with Crippen molar-refractivity contribution in [1.82, 2.24) is 0 Å². The van der Waals surface area contributed by atoms with Gasteiger partial charge in [0, 0.05) is 0 Å². The lowest BCUT2D eigenvalue weighted by Gasteiger charge is -2.08. The van der Waals surface area contributed by atoms with Crippen molar-refractivity contribution < 1.29 is 14.7 Å². The summed E-state index contributed by atoms with van der Waals surface area (Å²) in [6.45, 7) is 3.77. The van der Waals surface area contributed by atoms with Crippen molar-refractivity contribution in [1.29, 1.82) is 0 Å². The predicted octanol–water partition coefficient (Wildman–Crippen LogP) is 1.36. The van der Waals surface area contributed by atoms with Gasteiger partial charge in [-0.05, 0) is 31.4 Å². The topological polar surface area (TPSA) is 72.5 Å². The highest BCUT2D eigenvalue weighted by Crippen LogP contribution is 2.24. The Hall–Kier alpha value is -1.55. The molecule has 0 aromatic heterocycles. The molecule has 0 amide bonds. The summed E-state index contributed by atoms with van der Waals surface area (Å²) >= 11 is 0. The number of phenols is 1. The zero-order valence-electron chi connectivity index (χ0n) is 8.91. The van der Waals surface area contributed by atoms with Crippen LogP contribution in [0, 0.1) is 13.8 Å². The summed E-state index contributed by atoms with van der Waals surface area (Å²) < 4.78 is 0. The second-order valence-corrected chi connectivity index (χ2v) is 3.58. The van der Waals surface area contributed by atoms with Crippen molar-refractivity contribution in [2.24, 2.45) is 5.90 Å². The number of phenolic OH excluding ortho intramolecular Hbond substituents is 1. The molecule has 0 aliphatic carbocycles. The largest absolute Gasteiger partial charge is 0.507 e. The standard InChI is InChI=1S/C11H15NO3/c1-7-5-8(2)11(14)9(6-7)3-4-10(13)15-12/h5-6,14H,3-4,12H2,1-2H3. The fourth-order valence-corrected chi connectivity index (χ4v) is 1.53. The summed E-state index contributed by atoms with van der Waals surface area (Å²) in [5, 5.41) is 9.72. The molecule has 0 fully saturated rings. The first-order valence-electron chi connectivity index (χ1n) is 4.73. The quantitative estimate of drug-likeness (QED) is 0.737. The molecule has 1 aromatic rings. The molecule has 0 unspecified atom stereocenters. The van der Waals surface area contributed by atoms with Crippen LogP contribution in [0.25, 0.3) is 0 Å². The molecule has 4 nitrogen and oxygen atoms in total. The van der Waals surface area contributed by atoms with E-state index in [9.17, 15) is 9.90 Å². The predicted molar refractivity (Wildman–Crippen MR) is 56.2 cm³/mol. The third-order valence-corrected chi connectivity index (χ3v) is 2.25. The van der Waals surface area contributed by atoms with Crippen LogP contribution in [0.4, 0.5) is 0 Å².